The standard InChI is InChI=1S/C18H17F3O4S3/c1-24-16-10-13(17-26-7-8-27-17)5-6-15(16)25-28(22,23)11-12-3-2-4-14(9-12)18(19,20)21/h2-6,9-10,17H,7-8,11H2,1H3. The van der Waals surface area contributed by atoms with Crippen molar-refractivity contribution in [1.82, 2.24) is 0 Å². The van der Waals surface area contributed by atoms with Gasteiger partial charge in [0, 0.05) is 11.5 Å². The molecular formula is C18H17F3O4S3. The second-order valence-corrected chi connectivity index (χ2v) is 10.3. The van der Waals surface area contributed by atoms with Gasteiger partial charge in [-0.2, -0.15) is 21.6 Å². The first-order chi connectivity index (χ1) is 13.2. The fourth-order valence-electron chi connectivity index (χ4n) is 2.66. The largest absolute Gasteiger partial charge is 0.493 e. The predicted octanol–water partition coefficient (Wildman–Crippen LogP) is 5.10. The van der Waals surface area contributed by atoms with Gasteiger partial charge in [0.2, 0.25) is 0 Å². The molecule has 0 atom stereocenters. The van der Waals surface area contributed by atoms with Crippen molar-refractivity contribution in [3.05, 3.63) is 59.2 Å². The Kier molecular flexibility index (Phi) is 6.41. The minimum absolute atomic E-state index is 0.00576. The van der Waals surface area contributed by atoms with E-state index in [0.717, 1.165) is 29.2 Å². The van der Waals surface area contributed by atoms with Gasteiger partial charge in [0.1, 0.15) is 5.75 Å². The fraction of sp³-hybridized carbons (Fsp3) is 0.333. The van der Waals surface area contributed by atoms with Gasteiger partial charge in [0.05, 0.1) is 17.3 Å². The van der Waals surface area contributed by atoms with E-state index in [1.807, 2.05) is 0 Å². The smallest absolute Gasteiger partial charge is 0.416 e. The molecule has 1 saturated heterocycles. The van der Waals surface area contributed by atoms with Crippen molar-refractivity contribution >= 4 is 33.6 Å². The van der Waals surface area contributed by atoms with Crippen LogP contribution in [0.5, 0.6) is 11.5 Å². The topological polar surface area (TPSA) is 52.6 Å². The minimum Gasteiger partial charge on any atom is -0.493 e. The summed E-state index contributed by atoms with van der Waals surface area (Å²) in [5.41, 5.74) is 0.0739. The number of benzene rings is 2. The number of halogens is 3. The Morgan fingerprint density at radius 1 is 1.07 bits per heavy atom. The van der Waals surface area contributed by atoms with Gasteiger partial charge < -0.3 is 8.92 Å². The SMILES string of the molecule is COc1cc(C2SCCS2)ccc1OS(=O)(=O)Cc1cccc(C(F)(F)F)c1. The van der Waals surface area contributed by atoms with E-state index in [1.54, 1.807) is 35.7 Å². The summed E-state index contributed by atoms with van der Waals surface area (Å²) in [6, 6.07) is 9.18. The van der Waals surface area contributed by atoms with Gasteiger partial charge in [-0.15, -0.1) is 23.5 Å². The lowest BCUT2D eigenvalue weighted by molar-refractivity contribution is -0.137. The molecule has 28 heavy (non-hydrogen) atoms. The van der Waals surface area contributed by atoms with Crippen LogP contribution in [-0.4, -0.2) is 27.0 Å². The summed E-state index contributed by atoms with van der Waals surface area (Å²) in [4.78, 5) is 0. The maximum Gasteiger partial charge on any atom is 0.416 e. The van der Waals surface area contributed by atoms with Gasteiger partial charge in [-0.25, -0.2) is 0 Å². The Morgan fingerprint density at radius 3 is 2.43 bits per heavy atom. The number of rotatable bonds is 6. The molecule has 2 aromatic rings. The molecule has 152 valence electrons. The first-order valence-electron chi connectivity index (χ1n) is 8.17. The van der Waals surface area contributed by atoms with Crippen LogP contribution in [0.4, 0.5) is 13.2 Å². The van der Waals surface area contributed by atoms with Gasteiger partial charge in [0.15, 0.2) is 11.5 Å². The molecule has 0 aromatic heterocycles. The molecule has 1 fully saturated rings. The van der Waals surface area contributed by atoms with Crippen LogP contribution < -0.4 is 8.92 Å². The molecular weight excluding hydrogens is 433 g/mol. The molecule has 0 aliphatic carbocycles. The lowest BCUT2D eigenvalue weighted by atomic mass is 10.1. The maximum atomic E-state index is 12.8. The third kappa shape index (κ3) is 5.30. The van der Waals surface area contributed by atoms with E-state index < -0.39 is 27.6 Å². The Morgan fingerprint density at radius 2 is 1.79 bits per heavy atom. The van der Waals surface area contributed by atoms with Crippen molar-refractivity contribution < 1.29 is 30.5 Å². The Balaban J connectivity index is 1.78. The monoisotopic (exact) mass is 450 g/mol. The quantitative estimate of drug-likeness (QED) is 0.571. The van der Waals surface area contributed by atoms with Crippen molar-refractivity contribution in [2.75, 3.05) is 18.6 Å². The van der Waals surface area contributed by atoms with E-state index in [9.17, 15) is 21.6 Å². The van der Waals surface area contributed by atoms with Crippen LogP contribution in [0.1, 0.15) is 21.3 Å². The summed E-state index contributed by atoms with van der Waals surface area (Å²) in [7, 11) is -2.77. The molecule has 3 rings (SSSR count). The normalized spacial score (nSPS) is 15.6. The lowest BCUT2D eigenvalue weighted by Gasteiger charge is -2.14. The Labute approximate surface area is 169 Å². The molecule has 1 aliphatic rings. The molecule has 0 bridgehead atoms. The molecule has 10 heteroatoms. The lowest BCUT2D eigenvalue weighted by Crippen LogP contribution is -2.14. The van der Waals surface area contributed by atoms with Crippen LogP contribution in [0.2, 0.25) is 0 Å². The van der Waals surface area contributed by atoms with E-state index in [0.29, 0.717) is 0 Å². The van der Waals surface area contributed by atoms with Crippen LogP contribution in [0, 0.1) is 0 Å². The number of methoxy groups -OCH3 is 1. The number of ether oxygens (including phenoxy) is 1. The number of alkyl halides is 3. The highest BCUT2D eigenvalue weighted by molar-refractivity contribution is 8.19. The summed E-state index contributed by atoms with van der Waals surface area (Å²) in [5, 5.41) is 0. The fourth-order valence-corrected chi connectivity index (χ4v) is 6.55. The summed E-state index contributed by atoms with van der Waals surface area (Å²) < 4.78 is 73.8. The summed E-state index contributed by atoms with van der Waals surface area (Å²) >= 11 is 3.59. The van der Waals surface area contributed by atoms with Gasteiger partial charge in [-0.3, -0.25) is 0 Å². The van der Waals surface area contributed by atoms with E-state index in [2.05, 4.69) is 0 Å². The van der Waals surface area contributed by atoms with Crippen molar-refractivity contribution in [1.29, 1.82) is 0 Å². The van der Waals surface area contributed by atoms with Crippen LogP contribution >= 0.6 is 23.5 Å². The molecule has 2 aromatic carbocycles. The molecule has 1 aliphatic heterocycles. The van der Waals surface area contributed by atoms with Crippen molar-refractivity contribution in [3.8, 4) is 11.5 Å². The van der Waals surface area contributed by atoms with Crippen LogP contribution in [0.25, 0.3) is 0 Å². The third-order valence-corrected chi connectivity index (χ3v) is 8.12. The van der Waals surface area contributed by atoms with Crippen LogP contribution in [0.3, 0.4) is 0 Å². The van der Waals surface area contributed by atoms with E-state index in [1.165, 1.54) is 25.3 Å². The van der Waals surface area contributed by atoms with Crippen molar-refractivity contribution in [2.24, 2.45) is 0 Å². The molecule has 0 saturated carbocycles. The van der Waals surface area contributed by atoms with Gasteiger partial charge in [-0.05, 0) is 29.3 Å². The van der Waals surface area contributed by atoms with Gasteiger partial charge in [0.25, 0.3) is 0 Å². The Bertz CT molecular complexity index is 939. The van der Waals surface area contributed by atoms with E-state index in [-0.39, 0.29) is 21.6 Å². The number of hydrogen-bond donors (Lipinski definition) is 0. The Hall–Kier alpha value is -1.52. The highest BCUT2D eigenvalue weighted by Crippen LogP contribution is 2.47. The van der Waals surface area contributed by atoms with E-state index >= 15 is 0 Å². The molecule has 0 amide bonds. The zero-order valence-electron chi connectivity index (χ0n) is 14.7. The number of hydrogen-bond acceptors (Lipinski definition) is 6. The summed E-state index contributed by atoms with van der Waals surface area (Å²) in [6.45, 7) is 0. The van der Waals surface area contributed by atoms with Crippen LogP contribution in [0.15, 0.2) is 42.5 Å². The summed E-state index contributed by atoms with van der Waals surface area (Å²) in [6.07, 6.45) is -4.55. The molecule has 0 N–H and O–H groups in total. The molecule has 0 spiro atoms. The van der Waals surface area contributed by atoms with Crippen LogP contribution in [-0.2, 0) is 22.0 Å². The van der Waals surface area contributed by atoms with Crippen molar-refractivity contribution in [2.45, 2.75) is 16.5 Å². The first kappa shape index (κ1) is 21.2. The molecule has 4 nitrogen and oxygen atoms in total. The molecule has 1 heterocycles. The zero-order chi connectivity index (χ0) is 20.4. The summed E-state index contributed by atoms with van der Waals surface area (Å²) in [5.74, 6) is 1.67. The van der Waals surface area contributed by atoms with E-state index in [4.69, 9.17) is 8.92 Å². The molecule has 0 unspecified atom stereocenters. The second-order valence-electron chi connectivity index (χ2n) is 5.97. The average Bonchev–Trinajstić information content (AvgIpc) is 3.15. The number of thioether (sulfide) groups is 2. The third-order valence-electron chi connectivity index (χ3n) is 3.90. The zero-order valence-corrected chi connectivity index (χ0v) is 17.2. The first-order valence-corrected chi connectivity index (χ1v) is 11.8. The average molecular weight is 451 g/mol. The second kappa shape index (κ2) is 8.46. The van der Waals surface area contributed by atoms with Gasteiger partial charge >= 0.3 is 16.3 Å². The minimum atomic E-state index is -4.55. The van der Waals surface area contributed by atoms with Gasteiger partial charge in [-0.1, -0.05) is 24.3 Å². The highest BCUT2D eigenvalue weighted by atomic mass is 32.2. The predicted molar refractivity (Wildman–Crippen MR) is 105 cm³/mol. The molecule has 0 radical (unpaired) electrons. The van der Waals surface area contributed by atoms with Crippen molar-refractivity contribution in [3.63, 3.8) is 0 Å². The highest BCUT2D eigenvalue weighted by Gasteiger charge is 2.31. The maximum absolute atomic E-state index is 12.8.